The number of nitrogens with one attached hydrogen (secondary N) is 1. The van der Waals surface area contributed by atoms with Crippen LogP contribution in [0.1, 0.15) is 17.5 Å². The third-order valence-electron chi connectivity index (χ3n) is 3.39. The molecule has 0 unspecified atom stereocenters. The van der Waals surface area contributed by atoms with Crippen LogP contribution in [0.4, 0.5) is 0 Å². The fraction of sp³-hybridized carbons (Fsp3) is 0.533. The van der Waals surface area contributed by atoms with E-state index in [4.69, 9.17) is 4.74 Å². The average Bonchev–Trinajstić information content (AvgIpc) is 2.68. The summed E-state index contributed by atoms with van der Waals surface area (Å²) in [4.78, 5) is 14.0. The first-order valence-corrected chi connectivity index (χ1v) is 6.85. The van der Waals surface area contributed by atoms with Gasteiger partial charge in [0.2, 0.25) is 0 Å². The molecule has 1 aromatic carbocycles. The summed E-state index contributed by atoms with van der Waals surface area (Å²) in [7, 11) is 0. The molecule has 1 aromatic rings. The second-order valence-corrected chi connectivity index (χ2v) is 5.04. The van der Waals surface area contributed by atoms with Crippen molar-refractivity contribution in [2.75, 3.05) is 32.8 Å². The zero-order valence-electron chi connectivity index (χ0n) is 12.1. The molecule has 0 radical (unpaired) electrons. The Bertz CT molecular complexity index is 443. The number of hydrogen-bond donors (Lipinski definition) is 1. The van der Waals surface area contributed by atoms with E-state index in [1.54, 1.807) is 0 Å². The van der Waals surface area contributed by atoms with Crippen LogP contribution in [0.15, 0.2) is 18.2 Å². The minimum absolute atomic E-state index is 0. The predicted molar refractivity (Wildman–Crippen MR) is 82.7 cm³/mol. The van der Waals surface area contributed by atoms with Crippen LogP contribution < -0.4 is 10.1 Å². The molecular weight excluding hydrogens is 276 g/mol. The van der Waals surface area contributed by atoms with Gasteiger partial charge < -0.3 is 15.0 Å². The summed E-state index contributed by atoms with van der Waals surface area (Å²) in [5.41, 5.74) is 2.21. The molecule has 1 N–H and O–H groups in total. The molecule has 20 heavy (non-hydrogen) atoms. The Hall–Kier alpha value is -1.26. The summed E-state index contributed by atoms with van der Waals surface area (Å²) < 4.78 is 5.66. The molecule has 1 heterocycles. The number of hydrogen-bond acceptors (Lipinski definition) is 3. The van der Waals surface area contributed by atoms with Gasteiger partial charge in [-0.3, -0.25) is 4.79 Å². The molecule has 1 fully saturated rings. The average molecular weight is 299 g/mol. The first-order valence-electron chi connectivity index (χ1n) is 6.85. The Kier molecular flexibility index (Phi) is 6.82. The molecule has 0 saturated carbocycles. The van der Waals surface area contributed by atoms with Crippen molar-refractivity contribution in [1.29, 1.82) is 0 Å². The molecule has 1 amide bonds. The van der Waals surface area contributed by atoms with Crippen LogP contribution in [0.2, 0.25) is 0 Å². The van der Waals surface area contributed by atoms with Crippen molar-refractivity contribution in [2.24, 2.45) is 0 Å². The van der Waals surface area contributed by atoms with Crippen molar-refractivity contribution in [3.05, 3.63) is 29.3 Å². The van der Waals surface area contributed by atoms with E-state index in [0.717, 1.165) is 49.5 Å². The number of nitrogens with zero attached hydrogens (tertiary/aromatic N) is 1. The van der Waals surface area contributed by atoms with E-state index in [-0.39, 0.29) is 24.9 Å². The highest BCUT2D eigenvalue weighted by atomic mass is 35.5. The standard InChI is InChI=1S/C15H22N2O2.ClH/c1-12-4-5-13(2)14(10-12)19-11-15(18)17-8-3-6-16-7-9-17;/h4-5,10,16H,3,6-9,11H2,1-2H3;1H. The first kappa shape index (κ1) is 16.8. The Morgan fingerprint density at radius 2 is 2.10 bits per heavy atom. The van der Waals surface area contributed by atoms with Crippen LogP contribution in [0, 0.1) is 13.8 Å². The van der Waals surface area contributed by atoms with Crippen LogP contribution in [0.25, 0.3) is 0 Å². The molecule has 2 rings (SSSR count). The van der Waals surface area contributed by atoms with Crippen LogP contribution in [0.3, 0.4) is 0 Å². The summed E-state index contributed by atoms with van der Waals surface area (Å²) >= 11 is 0. The summed E-state index contributed by atoms with van der Waals surface area (Å²) in [5.74, 6) is 0.880. The van der Waals surface area contributed by atoms with Gasteiger partial charge in [0.1, 0.15) is 5.75 Å². The van der Waals surface area contributed by atoms with E-state index in [2.05, 4.69) is 5.32 Å². The highest BCUT2D eigenvalue weighted by molar-refractivity contribution is 5.85. The molecule has 1 saturated heterocycles. The molecule has 0 atom stereocenters. The lowest BCUT2D eigenvalue weighted by molar-refractivity contribution is -0.133. The van der Waals surface area contributed by atoms with Crippen LogP contribution in [0.5, 0.6) is 5.75 Å². The minimum Gasteiger partial charge on any atom is -0.483 e. The monoisotopic (exact) mass is 298 g/mol. The van der Waals surface area contributed by atoms with Gasteiger partial charge in [0.15, 0.2) is 6.61 Å². The second kappa shape index (κ2) is 8.12. The molecule has 112 valence electrons. The van der Waals surface area contributed by atoms with Gasteiger partial charge >= 0.3 is 0 Å². The lowest BCUT2D eigenvalue weighted by Gasteiger charge is -2.20. The fourth-order valence-corrected chi connectivity index (χ4v) is 2.19. The lowest BCUT2D eigenvalue weighted by atomic mass is 10.1. The maximum Gasteiger partial charge on any atom is 0.260 e. The topological polar surface area (TPSA) is 41.6 Å². The van der Waals surface area contributed by atoms with Gasteiger partial charge in [0.05, 0.1) is 0 Å². The molecule has 0 bridgehead atoms. The van der Waals surface area contributed by atoms with Crippen molar-refractivity contribution in [3.8, 4) is 5.75 Å². The third kappa shape index (κ3) is 4.69. The second-order valence-electron chi connectivity index (χ2n) is 5.04. The zero-order valence-corrected chi connectivity index (χ0v) is 13.0. The number of amides is 1. The Morgan fingerprint density at radius 3 is 2.90 bits per heavy atom. The van der Waals surface area contributed by atoms with E-state index in [1.807, 2.05) is 36.9 Å². The largest absolute Gasteiger partial charge is 0.483 e. The van der Waals surface area contributed by atoms with Gasteiger partial charge in [-0.2, -0.15) is 0 Å². The van der Waals surface area contributed by atoms with E-state index < -0.39 is 0 Å². The van der Waals surface area contributed by atoms with Crippen molar-refractivity contribution in [3.63, 3.8) is 0 Å². The van der Waals surface area contributed by atoms with E-state index >= 15 is 0 Å². The SMILES string of the molecule is Cc1ccc(C)c(OCC(=O)N2CCCNCC2)c1.Cl. The van der Waals surface area contributed by atoms with Gasteiger partial charge in [-0.25, -0.2) is 0 Å². The molecule has 5 heteroatoms. The Morgan fingerprint density at radius 1 is 1.30 bits per heavy atom. The van der Waals surface area contributed by atoms with Crippen molar-refractivity contribution < 1.29 is 9.53 Å². The summed E-state index contributed by atoms with van der Waals surface area (Å²) in [5, 5.41) is 3.29. The number of halogens is 1. The van der Waals surface area contributed by atoms with Crippen molar-refractivity contribution in [1.82, 2.24) is 10.2 Å². The number of rotatable bonds is 3. The van der Waals surface area contributed by atoms with E-state index in [0.29, 0.717) is 0 Å². The summed E-state index contributed by atoms with van der Waals surface area (Å²) in [6, 6.07) is 6.04. The molecule has 1 aliphatic rings. The number of benzene rings is 1. The normalized spacial score (nSPS) is 15.2. The third-order valence-corrected chi connectivity index (χ3v) is 3.39. The molecule has 4 nitrogen and oxygen atoms in total. The molecular formula is C15H23ClN2O2. The van der Waals surface area contributed by atoms with Crippen molar-refractivity contribution >= 4 is 18.3 Å². The highest BCUT2D eigenvalue weighted by Crippen LogP contribution is 2.19. The van der Waals surface area contributed by atoms with Crippen LogP contribution in [-0.4, -0.2) is 43.6 Å². The Balaban J connectivity index is 0.00000200. The molecule has 0 aromatic heterocycles. The fourth-order valence-electron chi connectivity index (χ4n) is 2.19. The zero-order chi connectivity index (χ0) is 13.7. The quantitative estimate of drug-likeness (QED) is 0.927. The predicted octanol–water partition coefficient (Wildman–Crippen LogP) is 1.93. The number of carbonyl (C=O) groups excluding carboxylic acids is 1. The lowest BCUT2D eigenvalue weighted by Crippen LogP contribution is -2.37. The van der Waals surface area contributed by atoms with Gasteiger partial charge in [-0.15, -0.1) is 12.4 Å². The van der Waals surface area contributed by atoms with E-state index in [9.17, 15) is 4.79 Å². The van der Waals surface area contributed by atoms with Crippen LogP contribution >= 0.6 is 12.4 Å². The number of ether oxygens (including phenoxy) is 1. The maximum atomic E-state index is 12.1. The highest BCUT2D eigenvalue weighted by Gasteiger charge is 2.15. The van der Waals surface area contributed by atoms with Gasteiger partial charge in [-0.05, 0) is 44.0 Å². The number of aryl methyl sites for hydroxylation is 2. The summed E-state index contributed by atoms with van der Waals surface area (Å²) in [6.07, 6.45) is 1.01. The van der Waals surface area contributed by atoms with Crippen molar-refractivity contribution in [2.45, 2.75) is 20.3 Å². The van der Waals surface area contributed by atoms with Crippen LogP contribution in [-0.2, 0) is 4.79 Å². The molecule has 0 aliphatic carbocycles. The van der Waals surface area contributed by atoms with Gasteiger partial charge in [0.25, 0.3) is 5.91 Å². The van der Waals surface area contributed by atoms with E-state index in [1.165, 1.54) is 0 Å². The van der Waals surface area contributed by atoms with Gasteiger partial charge in [-0.1, -0.05) is 12.1 Å². The number of carbonyl (C=O) groups is 1. The molecule has 1 aliphatic heterocycles. The first-order chi connectivity index (χ1) is 9.16. The Labute approximate surface area is 126 Å². The molecule has 0 spiro atoms. The minimum atomic E-state index is 0. The maximum absolute atomic E-state index is 12.1. The smallest absolute Gasteiger partial charge is 0.260 e. The summed E-state index contributed by atoms with van der Waals surface area (Å²) in [6.45, 7) is 7.60. The van der Waals surface area contributed by atoms with Gasteiger partial charge in [0, 0.05) is 19.6 Å².